The molecule has 1 aliphatic rings. The third-order valence-electron chi connectivity index (χ3n) is 4.10. The lowest BCUT2D eigenvalue weighted by molar-refractivity contribution is 0.0599. The number of nitrogens with two attached hydrogens (primary N) is 1. The fourth-order valence-electron chi connectivity index (χ4n) is 3.01. The van der Waals surface area contributed by atoms with Crippen LogP contribution in [0.15, 0.2) is 28.7 Å². The largest absolute Gasteiger partial charge is 0.465 e. The monoisotopic (exact) mass is 336 g/mol. The summed E-state index contributed by atoms with van der Waals surface area (Å²) in [6.07, 6.45) is 2.06. The number of fused-ring (bicyclic) bond motifs is 1. The molecule has 0 fully saturated rings. The molecule has 2 aromatic rings. The molecule has 1 aromatic heterocycles. The van der Waals surface area contributed by atoms with Crippen molar-refractivity contribution in [3.05, 3.63) is 46.9 Å². The van der Waals surface area contributed by atoms with Gasteiger partial charge in [-0.25, -0.2) is 4.79 Å². The molecule has 0 saturated carbocycles. The first-order chi connectivity index (χ1) is 10.6. The Labute approximate surface area is 141 Å². The Balaban J connectivity index is 0.00000192. The Kier molecular flexibility index (Phi) is 5.21. The molecule has 5 nitrogen and oxygen atoms in total. The van der Waals surface area contributed by atoms with Crippen LogP contribution in [0.4, 0.5) is 11.4 Å². The van der Waals surface area contributed by atoms with Crippen molar-refractivity contribution in [3.63, 3.8) is 0 Å². The lowest BCUT2D eigenvalue weighted by atomic mass is 10.00. The standard InChI is InChI=1S/C17H20N2O3.ClH/c1-11-14(17(20)21-2)9-12(22-11)10-19-8-4-5-13-15(18)6-3-7-16(13)19;/h3,6-7,9H,4-5,8,10,18H2,1-2H3;1H. The zero-order chi connectivity index (χ0) is 15.7. The van der Waals surface area contributed by atoms with Crippen LogP contribution in [0.25, 0.3) is 0 Å². The van der Waals surface area contributed by atoms with E-state index in [-0.39, 0.29) is 18.4 Å². The molecule has 3 rings (SSSR count). The number of methoxy groups -OCH3 is 1. The fraction of sp³-hybridized carbons (Fsp3) is 0.353. The minimum atomic E-state index is -0.365. The van der Waals surface area contributed by atoms with Gasteiger partial charge in [0.1, 0.15) is 17.1 Å². The predicted molar refractivity (Wildman–Crippen MR) is 92.3 cm³/mol. The van der Waals surface area contributed by atoms with Crippen molar-refractivity contribution in [2.24, 2.45) is 0 Å². The normalized spacial score (nSPS) is 13.2. The molecule has 0 aliphatic carbocycles. The number of furan rings is 1. The van der Waals surface area contributed by atoms with Crippen LogP contribution in [0.3, 0.4) is 0 Å². The summed E-state index contributed by atoms with van der Waals surface area (Å²) < 4.78 is 10.5. The maximum absolute atomic E-state index is 11.7. The highest BCUT2D eigenvalue weighted by Crippen LogP contribution is 2.32. The van der Waals surface area contributed by atoms with Crippen LogP contribution in [0.5, 0.6) is 0 Å². The van der Waals surface area contributed by atoms with Gasteiger partial charge in [-0.3, -0.25) is 0 Å². The van der Waals surface area contributed by atoms with Crippen LogP contribution in [-0.2, 0) is 17.7 Å². The van der Waals surface area contributed by atoms with E-state index in [1.807, 2.05) is 12.1 Å². The Morgan fingerprint density at radius 1 is 1.43 bits per heavy atom. The Hall–Kier alpha value is -2.14. The highest BCUT2D eigenvalue weighted by molar-refractivity contribution is 5.90. The lowest BCUT2D eigenvalue weighted by Gasteiger charge is -2.31. The molecular weight excluding hydrogens is 316 g/mol. The average Bonchev–Trinajstić information content (AvgIpc) is 2.88. The molecule has 0 saturated heterocycles. The first-order valence-electron chi connectivity index (χ1n) is 7.40. The molecule has 0 radical (unpaired) electrons. The molecule has 2 N–H and O–H groups in total. The number of benzene rings is 1. The molecule has 6 heteroatoms. The number of rotatable bonds is 3. The molecule has 1 aliphatic heterocycles. The molecule has 2 heterocycles. The first-order valence-corrected chi connectivity index (χ1v) is 7.40. The van der Waals surface area contributed by atoms with Crippen LogP contribution < -0.4 is 10.6 Å². The maximum Gasteiger partial charge on any atom is 0.341 e. The number of nitrogens with zero attached hydrogens (tertiary/aromatic N) is 1. The van der Waals surface area contributed by atoms with Gasteiger partial charge in [0.25, 0.3) is 0 Å². The molecule has 0 unspecified atom stereocenters. The number of ether oxygens (including phenoxy) is 1. The zero-order valence-corrected chi connectivity index (χ0v) is 14.1. The molecule has 23 heavy (non-hydrogen) atoms. The summed E-state index contributed by atoms with van der Waals surface area (Å²) in [5.41, 5.74) is 9.75. The minimum absolute atomic E-state index is 0. The van der Waals surface area contributed by atoms with Gasteiger partial charge in [-0.15, -0.1) is 12.4 Å². The van der Waals surface area contributed by atoms with E-state index >= 15 is 0 Å². The second-order valence-electron chi connectivity index (χ2n) is 5.54. The number of esters is 1. The number of hydrogen-bond acceptors (Lipinski definition) is 5. The summed E-state index contributed by atoms with van der Waals surface area (Å²) >= 11 is 0. The highest BCUT2D eigenvalue weighted by Gasteiger charge is 2.21. The fourth-order valence-corrected chi connectivity index (χ4v) is 3.01. The molecule has 0 atom stereocenters. The molecule has 0 bridgehead atoms. The maximum atomic E-state index is 11.7. The van der Waals surface area contributed by atoms with Gasteiger partial charge in [-0.05, 0) is 43.5 Å². The van der Waals surface area contributed by atoms with Gasteiger partial charge in [-0.1, -0.05) is 6.07 Å². The Morgan fingerprint density at radius 3 is 2.96 bits per heavy atom. The van der Waals surface area contributed by atoms with Crippen molar-refractivity contribution >= 4 is 29.8 Å². The van der Waals surface area contributed by atoms with Gasteiger partial charge in [0.2, 0.25) is 0 Å². The second-order valence-corrected chi connectivity index (χ2v) is 5.54. The summed E-state index contributed by atoms with van der Waals surface area (Å²) in [5.74, 6) is 0.982. The van der Waals surface area contributed by atoms with Gasteiger partial charge in [0, 0.05) is 17.9 Å². The predicted octanol–water partition coefficient (Wildman–Crippen LogP) is 3.33. The smallest absolute Gasteiger partial charge is 0.341 e. The van der Waals surface area contributed by atoms with E-state index in [1.165, 1.54) is 12.7 Å². The molecule has 0 spiro atoms. The highest BCUT2D eigenvalue weighted by atomic mass is 35.5. The number of hydrogen-bond donors (Lipinski definition) is 1. The van der Waals surface area contributed by atoms with Gasteiger partial charge >= 0.3 is 5.97 Å². The quantitative estimate of drug-likeness (QED) is 0.687. The van der Waals surface area contributed by atoms with E-state index in [0.717, 1.165) is 36.5 Å². The van der Waals surface area contributed by atoms with Crippen LogP contribution >= 0.6 is 12.4 Å². The minimum Gasteiger partial charge on any atom is -0.465 e. The molecule has 1 aromatic carbocycles. The summed E-state index contributed by atoms with van der Waals surface area (Å²) in [7, 11) is 1.37. The average molecular weight is 337 g/mol. The Morgan fingerprint density at radius 2 is 2.22 bits per heavy atom. The van der Waals surface area contributed by atoms with Gasteiger partial charge in [0.05, 0.1) is 13.7 Å². The molecular formula is C17H21ClN2O3. The number of nitrogen functional groups attached to an aromatic ring is 1. The van der Waals surface area contributed by atoms with E-state index < -0.39 is 0 Å². The number of anilines is 2. The van der Waals surface area contributed by atoms with E-state index in [4.69, 9.17) is 14.9 Å². The van der Waals surface area contributed by atoms with Crippen molar-refractivity contribution in [1.29, 1.82) is 0 Å². The van der Waals surface area contributed by atoms with Crippen LogP contribution in [0.2, 0.25) is 0 Å². The van der Waals surface area contributed by atoms with Crippen LogP contribution in [-0.4, -0.2) is 19.6 Å². The SMILES string of the molecule is COC(=O)c1cc(CN2CCCc3c(N)cccc32)oc1C.Cl. The molecule has 124 valence electrons. The third-order valence-corrected chi connectivity index (χ3v) is 4.10. The van der Waals surface area contributed by atoms with Crippen molar-refractivity contribution in [1.82, 2.24) is 0 Å². The molecule has 0 amide bonds. The van der Waals surface area contributed by atoms with E-state index in [9.17, 15) is 4.79 Å². The summed E-state index contributed by atoms with van der Waals surface area (Å²) in [6, 6.07) is 7.76. The van der Waals surface area contributed by atoms with Crippen molar-refractivity contribution in [2.75, 3.05) is 24.3 Å². The van der Waals surface area contributed by atoms with Crippen LogP contribution in [0.1, 0.15) is 33.9 Å². The number of aryl methyl sites for hydroxylation is 1. The number of halogens is 1. The van der Waals surface area contributed by atoms with Crippen LogP contribution in [0, 0.1) is 6.92 Å². The van der Waals surface area contributed by atoms with Gasteiger partial charge < -0.3 is 19.8 Å². The number of carbonyl (C=O) groups is 1. The van der Waals surface area contributed by atoms with Gasteiger partial charge in [0.15, 0.2) is 0 Å². The number of carbonyl (C=O) groups excluding carboxylic acids is 1. The first kappa shape index (κ1) is 17.2. The van der Waals surface area contributed by atoms with Crippen molar-refractivity contribution in [2.45, 2.75) is 26.3 Å². The summed E-state index contributed by atoms with van der Waals surface area (Å²) in [6.45, 7) is 3.34. The van der Waals surface area contributed by atoms with Crippen molar-refractivity contribution < 1.29 is 13.9 Å². The Bertz CT molecular complexity index is 712. The van der Waals surface area contributed by atoms with E-state index in [1.54, 1.807) is 13.0 Å². The summed E-state index contributed by atoms with van der Waals surface area (Å²) in [4.78, 5) is 13.9. The van der Waals surface area contributed by atoms with E-state index in [0.29, 0.717) is 17.9 Å². The topological polar surface area (TPSA) is 68.7 Å². The van der Waals surface area contributed by atoms with E-state index in [2.05, 4.69) is 11.0 Å². The third kappa shape index (κ3) is 3.29. The lowest BCUT2D eigenvalue weighted by Crippen LogP contribution is -2.29. The summed E-state index contributed by atoms with van der Waals surface area (Å²) in [5, 5.41) is 0. The second kappa shape index (κ2) is 6.96. The van der Waals surface area contributed by atoms with Crippen molar-refractivity contribution in [3.8, 4) is 0 Å². The van der Waals surface area contributed by atoms with Gasteiger partial charge in [-0.2, -0.15) is 0 Å². The zero-order valence-electron chi connectivity index (χ0n) is 13.3.